The fourth-order valence-corrected chi connectivity index (χ4v) is 1.83. The number of nitrogens with two attached hydrogens (primary N) is 1. The van der Waals surface area contributed by atoms with Crippen molar-refractivity contribution in [2.24, 2.45) is 0 Å². The molecule has 0 aliphatic heterocycles. The van der Waals surface area contributed by atoms with Gasteiger partial charge in [-0.3, -0.25) is 4.21 Å². The lowest BCUT2D eigenvalue weighted by Gasteiger charge is -2.00. The number of rotatable bonds is 1. The zero-order chi connectivity index (χ0) is 8.43. The molecule has 0 aliphatic carbocycles. The molecule has 0 amide bonds. The van der Waals surface area contributed by atoms with Crippen LogP contribution in [0, 0.1) is 0 Å². The van der Waals surface area contributed by atoms with E-state index in [9.17, 15) is 4.21 Å². The van der Waals surface area contributed by atoms with E-state index < -0.39 is 10.8 Å². The molecule has 4 heteroatoms. The summed E-state index contributed by atoms with van der Waals surface area (Å²) in [5.74, 6) is 0. The van der Waals surface area contributed by atoms with Gasteiger partial charge in [0.15, 0.2) is 0 Å². The minimum atomic E-state index is -1.06. The van der Waals surface area contributed by atoms with Gasteiger partial charge < -0.3 is 5.73 Å². The third kappa shape index (κ3) is 1.94. The molecular weight excluding hydrogens is 182 g/mol. The van der Waals surface area contributed by atoms with Gasteiger partial charge >= 0.3 is 0 Å². The van der Waals surface area contributed by atoms with Gasteiger partial charge in [-0.25, -0.2) is 0 Å². The molecule has 1 rings (SSSR count). The molecule has 11 heavy (non-hydrogen) atoms. The third-order valence-corrected chi connectivity index (χ3v) is 2.66. The smallest absolute Gasteiger partial charge is 0.0591 e. The molecule has 0 heterocycles. The fourth-order valence-electron chi connectivity index (χ4n) is 0.740. The van der Waals surface area contributed by atoms with Crippen molar-refractivity contribution in [3.63, 3.8) is 0 Å². The quantitative estimate of drug-likeness (QED) is 0.683. The number of hydrogen-bond acceptors (Lipinski definition) is 2. The summed E-state index contributed by atoms with van der Waals surface area (Å²) in [4.78, 5) is 0.590. The first-order valence-electron chi connectivity index (χ1n) is 2.99. The molecule has 0 aromatic heterocycles. The molecule has 1 atom stereocenters. The second-order valence-electron chi connectivity index (χ2n) is 2.14. The van der Waals surface area contributed by atoms with Crippen molar-refractivity contribution in [3.05, 3.63) is 23.2 Å². The highest BCUT2D eigenvalue weighted by Gasteiger charge is 2.03. The maximum Gasteiger partial charge on any atom is 0.0591 e. The van der Waals surface area contributed by atoms with Crippen molar-refractivity contribution in [2.45, 2.75) is 4.90 Å². The highest BCUT2D eigenvalue weighted by atomic mass is 35.5. The minimum absolute atomic E-state index is 0.500. The van der Waals surface area contributed by atoms with Crippen molar-refractivity contribution in [2.75, 3.05) is 12.0 Å². The van der Waals surface area contributed by atoms with Crippen LogP contribution in [0.15, 0.2) is 23.1 Å². The van der Waals surface area contributed by atoms with Gasteiger partial charge in [-0.2, -0.15) is 0 Å². The van der Waals surface area contributed by atoms with Crippen molar-refractivity contribution < 1.29 is 4.21 Å². The second kappa shape index (κ2) is 3.24. The van der Waals surface area contributed by atoms with Crippen molar-refractivity contribution >= 4 is 28.1 Å². The SMILES string of the molecule is CS(=O)c1cc(N)ccc1Cl. The minimum Gasteiger partial charge on any atom is -0.399 e. The first-order valence-corrected chi connectivity index (χ1v) is 4.93. The van der Waals surface area contributed by atoms with Gasteiger partial charge in [-0.15, -0.1) is 0 Å². The summed E-state index contributed by atoms with van der Waals surface area (Å²) in [6.45, 7) is 0. The molecule has 2 N–H and O–H groups in total. The van der Waals surface area contributed by atoms with E-state index in [1.54, 1.807) is 24.5 Å². The van der Waals surface area contributed by atoms with Gasteiger partial charge in [0.1, 0.15) is 0 Å². The van der Waals surface area contributed by atoms with Gasteiger partial charge in [-0.05, 0) is 18.2 Å². The van der Waals surface area contributed by atoms with Crippen LogP contribution >= 0.6 is 11.6 Å². The van der Waals surface area contributed by atoms with E-state index in [2.05, 4.69) is 0 Å². The van der Waals surface area contributed by atoms with Crippen LogP contribution in [0.1, 0.15) is 0 Å². The molecule has 0 aliphatic rings. The normalized spacial score (nSPS) is 12.9. The molecule has 0 radical (unpaired) electrons. The van der Waals surface area contributed by atoms with Crippen LogP contribution < -0.4 is 5.73 Å². The Hall–Kier alpha value is -0.540. The van der Waals surface area contributed by atoms with Gasteiger partial charge in [0.05, 0.1) is 20.7 Å². The molecule has 0 saturated heterocycles. The lowest BCUT2D eigenvalue weighted by Crippen LogP contribution is -1.91. The van der Waals surface area contributed by atoms with Crippen LogP contribution in [0.3, 0.4) is 0 Å². The number of benzene rings is 1. The monoisotopic (exact) mass is 189 g/mol. The van der Waals surface area contributed by atoms with Crippen LogP contribution in [-0.2, 0) is 10.8 Å². The van der Waals surface area contributed by atoms with Crippen LogP contribution in [-0.4, -0.2) is 10.5 Å². The number of halogens is 1. The molecule has 0 fully saturated rings. The summed E-state index contributed by atoms with van der Waals surface area (Å²) in [5, 5.41) is 0.500. The average Bonchev–Trinajstić information content (AvgIpc) is 1.94. The van der Waals surface area contributed by atoms with E-state index in [0.29, 0.717) is 15.6 Å². The lowest BCUT2D eigenvalue weighted by molar-refractivity contribution is 0.687. The Balaban J connectivity index is 3.23. The van der Waals surface area contributed by atoms with Gasteiger partial charge in [-0.1, -0.05) is 11.6 Å². The van der Waals surface area contributed by atoms with E-state index in [1.165, 1.54) is 0 Å². The summed E-state index contributed by atoms with van der Waals surface area (Å²) in [7, 11) is -1.06. The Morgan fingerprint density at radius 1 is 1.55 bits per heavy atom. The number of hydrogen-bond donors (Lipinski definition) is 1. The zero-order valence-corrected chi connectivity index (χ0v) is 7.58. The lowest BCUT2D eigenvalue weighted by atomic mass is 10.3. The van der Waals surface area contributed by atoms with E-state index in [1.807, 2.05) is 0 Å². The van der Waals surface area contributed by atoms with Crippen LogP contribution in [0.25, 0.3) is 0 Å². The van der Waals surface area contributed by atoms with Gasteiger partial charge in [0, 0.05) is 11.9 Å². The highest BCUT2D eigenvalue weighted by molar-refractivity contribution is 7.84. The third-order valence-electron chi connectivity index (χ3n) is 1.26. The molecule has 1 aromatic carbocycles. The molecule has 1 aromatic rings. The van der Waals surface area contributed by atoms with E-state index >= 15 is 0 Å². The largest absolute Gasteiger partial charge is 0.399 e. The Morgan fingerprint density at radius 3 is 2.64 bits per heavy atom. The summed E-state index contributed by atoms with van der Waals surface area (Å²) in [5.41, 5.74) is 6.06. The molecule has 0 spiro atoms. The molecule has 60 valence electrons. The fraction of sp³-hybridized carbons (Fsp3) is 0.143. The first-order chi connectivity index (χ1) is 5.11. The van der Waals surface area contributed by atoms with Crippen LogP contribution in [0.2, 0.25) is 5.02 Å². The molecule has 0 saturated carbocycles. The Bertz CT molecular complexity index is 300. The predicted octanol–water partition coefficient (Wildman–Crippen LogP) is 1.66. The summed E-state index contributed by atoms with van der Waals surface area (Å²) in [6, 6.07) is 4.95. The van der Waals surface area contributed by atoms with Crippen LogP contribution in [0.4, 0.5) is 5.69 Å². The van der Waals surface area contributed by atoms with E-state index in [4.69, 9.17) is 17.3 Å². The van der Waals surface area contributed by atoms with E-state index in [-0.39, 0.29) is 0 Å². The Kier molecular flexibility index (Phi) is 2.52. The molecular formula is C7H8ClNOS. The van der Waals surface area contributed by atoms with Crippen molar-refractivity contribution in [1.29, 1.82) is 0 Å². The van der Waals surface area contributed by atoms with Crippen LogP contribution in [0.5, 0.6) is 0 Å². The first kappa shape index (κ1) is 8.56. The molecule has 1 unspecified atom stereocenters. The second-order valence-corrected chi connectivity index (χ2v) is 3.90. The summed E-state index contributed by atoms with van der Waals surface area (Å²) >= 11 is 5.74. The average molecular weight is 190 g/mol. The standard InChI is InChI=1S/C7H8ClNOS/c1-11(10)7-4-5(9)2-3-6(7)8/h2-4H,9H2,1H3. The molecule has 2 nitrogen and oxygen atoms in total. The van der Waals surface area contributed by atoms with Crippen molar-refractivity contribution in [3.8, 4) is 0 Å². The maximum absolute atomic E-state index is 11.0. The van der Waals surface area contributed by atoms with Crippen molar-refractivity contribution in [1.82, 2.24) is 0 Å². The van der Waals surface area contributed by atoms with Gasteiger partial charge in [0.25, 0.3) is 0 Å². The number of anilines is 1. The maximum atomic E-state index is 11.0. The topological polar surface area (TPSA) is 43.1 Å². The highest BCUT2D eigenvalue weighted by Crippen LogP contribution is 2.21. The Morgan fingerprint density at radius 2 is 2.18 bits per heavy atom. The van der Waals surface area contributed by atoms with Gasteiger partial charge in [0.2, 0.25) is 0 Å². The predicted molar refractivity (Wildman–Crippen MR) is 48.2 cm³/mol. The molecule has 0 bridgehead atoms. The number of nitrogen functional groups attached to an aromatic ring is 1. The summed E-state index contributed by atoms with van der Waals surface area (Å²) < 4.78 is 11.0. The zero-order valence-electron chi connectivity index (χ0n) is 6.00. The van der Waals surface area contributed by atoms with E-state index in [0.717, 1.165) is 0 Å². The summed E-state index contributed by atoms with van der Waals surface area (Å²) in [6.07, 6.45) is 1.57. The Labute approximate surface area is 72.8 Å².